The molecule has 1 saturated carbocycles. The molecule has 0 bridgehead atoms. The van der Waals surface area contributed by atoms with Gasteiger partial charge in [0.2, 0.25) is 0 Å². The Morgan fingerprint density at radius 1 is 1.05 bits per heavy atom. The van der Waals surface area contributed by atoms with Crippen molar-refractivity contribution in [2.45, 2.75) is 37.8 Å². The number of amides is 1. The van der Waals surface area contributed by atoms with Crippen molar-refractivity contribution in [1.29, 1.82) is 0 Å². The van der Waals surface area contributed by atoms with Gasteiger partial charge in [-0.05, 0) is 49.9 Å². The summed E-state index contributed by atoms with van der Waals surface area (Å²) in [5, 5.41) is 6.19. The number of hydrogen-bond acceptors (Lipinski definition) is 4. The summed E-state index contributed by atoms with van der Waals surface area (Å²) in [6.45, 7) is 0. The fourth-order valence-electron chi connectivity index (χ4n) is 2.59. The van der Waals surface area contributed by atoms with Gasteiger partial charge in [-0.25, -0.2) is 8.42 Å². The number of hydrogen-bond donors (Lipinski definition) is 2. The molecule has 2 aliphatic rings. The summed E-state index contributed by atoms with van der Waals surface area (Å²) in [6.07, 6.45) is 3.72. The smallest absolute Gasteiger partial charge is 0.251 e. The molecule has 1 atom stereocenters. The maximum atomic E-state index is 11.9. The lowest BCUT2D eigenvalue weighted by atomic mass is 10.1. The number of nitrogens with one attached hydrogen (secondary N) is 2. The summed E-state index contributed by atoms with van der Waals surface area (Å²) >= 11 is 0. The molecule has 114 valence electrons. The molecular formula is C15H20N2O3S. The van der Waals surface area contributed by atoms with Gasteiger partial charge < -0.3 is 10.6 Å². The second-order valence-electron chi connectivity index (χ2n) is 5.92. The first-order valence-electron chi connectivity index (χ1n) is 7.40. The molecule has 0 spiro atoms. The van der Waals surface area contributed by atoms with E-state index in [1.807, 2.05) is 12.1 Å². The van der Waals surface area contributed by atoms with Gasteiger partial charge in [0.05, 0.1) is 11.5 Å². The van der Waals surface area contributed by atoms with Crippen LogP contribution in [0.3, 0.4) is 0 Å². The standard InChI is InChI=1S/C15H20N2O3S/c18-15(17-13-7-8-13)11-3-5-12(6-4-11)16-14-2-1-9-21(19,20)10-14/h3-6,13-14,16H,1-2,7-10H2,(H,17,18). The van der Waals surface area contributed by atoms with Crippen LogP contribution in [0.15, 0.2) is 24.3 Å². The molecule has 1 aromatic rings. The van der Waals surface area contributed by atoms with E-state index in [9.17, 15) is 13.2 Å². The van der Waals surface area contributed by atoms with Crippen molar-refractivity contribution in [3.63, 3.8) is 0 Å². The predicted octanol–water partition coefficient (Wildman–Crippen LogP) is 1.57. The van der Waals surface area contributed by atoms with Gasteiger partial charge in [-0.2, -0.15) is 0 Å². The minimum atomic E-state index is -2.91. The summed E-state index contributed by atoms with van der Waals surface area (Å²) in [5.41, 5.74) is 1.50. The van der Waals surface area contributed by atoms with Gasteiger partial charge in [0.25, 0.3) is 5.91 Å². The molecule has 1 aliphatic heterocycles. The molecule has 2 fully saturated rings. The molecule has 1 unspecified atom stereocenters. The highest BCUT2D eigenvalue weighted by molar-refractivity contribution is 7.91. The summed E-state index contributed by atoms with van der Waals surface area (Å²) < 4.78 is 23.2. The molecule has 3 rings (SSSR count). The van der Waals surface area contributed by atoms with Crippen molar-refractivity contribution in [2.75, 3.05) is 16.8 Å². The highest BCUT2D eigenvalue weighted by Crippen LogP contribution is 2.20. The molecule has 21 heavy (non-hydrogen) atoms. The second kappa shape index (κ2) is 5.67. The summed E-state index contributed by atoms with van der Waals surface area (Å²) in [4.78, 5) is 11.9. The van der Waals surface area contributed by atoms with Crippen LogP contribution < -0.4 is 10.6 Å². The summed E-state index contributed by atoms with van der Waals surface area (Å²) in [7, 11) is -2.91. The molecule has 1 saturated heterocycles. The number of sulfone groups is 1. The molecule has 0 radical (unpaired) electrons. The van der Waals surface area contributed by atoms with Crippen molar-refractivity contribution in [3.8, 4) is 0 Å². The normalized spacial score (nSPS) is 24.3. The lowest BCUT2D eigenvalue weighted by Gasteiger charge is -2.24. The van der Waals surface area contributed by atoms with E-state index in [0.29, 0.717) is 23.8 Å². The average Bonchev–Trinajstić information content (AvgIpc) is 3.22. The molecule has 1 amide bonds. The topological polar surface area (TPSA) is 75.3 Å². The Balaban J connectivity index is 1.60. The lowest BCUT2D eigenvalue weighted by molar-refractivity contribution is 0.0951. The van der Waals surface area contributed by atoms with E-state index >= 15 is 0 Å². The van der Waals surface area contributed by atoms with Crippen molar-refractivity contribution < 1.29 is 13.2 Å². The van der Waals surface area contributed by atoms with E-state index in [2.05, 4.69) is 10.6 Å². The zero-order chi connectivity index (χ0) is 14.9. The molecule has 1 aromatic carbocycles. The Bertz CT molecular complexity index is 621. The predicted molar refractivity (Wildman–Crippen MR) is 82.2 cm³/mol. The van der Waals surface area contributed by atoms with Crippen LogP contribution in [-0.4, -0.2) is 37.9 Å². The Hall–Kier alpha value is -1.56. The molecule has 1 heterocycles. The van der Waals surface area contributed by atoms with E-state index < -0.39 is 9.84 Å². The van der Waals surface area contributed by atoms with Crippen molar-refractivity contribution >= 4 is 21.4 Å². The summed E-state index contributed by atoms with van der Waals surface area (Å²) in [5.74, 6) is 0.451. The third kappa shape index (κ3) is 3.97. The van der Waals surface area contributed by atoms with Gasteiger partial charge in [0.1, 0.15) is 0 Å². The Morgan fingerprint density at radius 2 is 1.76 bits per heavy atom. The number of carbonyl (C=O) groups excluding carboxylic acids is 1. The van der Waals surface area contributed by atoms with Crippen LogP contribution in [0.4, 0.5) is 5.69 Å². The third-order valence-electron chi connectivity index (χ3n) is 3.89. The van der Waals surface area contributed by atoms with Gasteiger partial charge in [0, 0.05) is 23.3 Å². The van der Waals surface area contributed by atoms with Gasteiger partial charge >= 0.3 is 0 Å². The number of benzene rings is 1. The second-order valence-corrected chi connectivity index (χ2v) is 8.15. The average molecular weight is 308 g/mol. The molecule has 6 heteroatoms. The Kier molecular flexibility index (Phi) is 3.89. The van der Waals surface area contributed by atoms with Gasteiger partial charge in [-0.15, -0.1) is 0 Å². The van der Waals surface area contributed by atoms with E-state index in [1.54, 1.807) is 12.1 Å². The molecule has 2 N–H and O–H groups in total. The minimum Gasteiger partial charge on any atom is -0.381 e. The lowest BCUT2D eigenvalue weighted by Crippen LogP contribution is -2.34. The zero-order valence-electron chi connectivity index (χ0n) is 11.8. The van der Waals surface area contributed by atoms with Crippen LogP contribution in [0, 0.1) is 0 Å². The minimum absolute atomic E-state index is 0.0325. The van der Waals surface area contributed by atoms with E-state index in [1.165, 1.54) is 0 Å². The molecule has 1 aliphatic carbocycles. The SMILES string of the molecule is O=C(NC1CC1)c1ccc(NC2CCCS(=O)(=O)C2)cc1. The number of anilines is 1. The number of rotatable bonds is 4. The first kappa shape index (κ1) is 14.4. The monoisotopic (exact) mass is 308 g/mol. The summed E-state index contributed by atoms with van der Waals surface area (Å²) in [6, 6.07) is 7.54. The van der Waals surface area contributed by atoms with Crippen LogP contribution in [0.2, 0.25) is 0 Å². The largest absolute Gasteiger partial charge is 0.381 e. The van der Waals surface area contributed by atoms with Crippen LogP contribution in [-0.2, 0) is 9.84 Å². The quantitative estimate of drug-likeness (QED) is 0.885. The van der Waals surface area contributed by atoms with Gasteiger partial charge in [-0.3, -0.25) is 4.79 Å². The van der Waals surface area contributed by atoms with Crippen molar-refractivity contribution in [1.82, 2.24) is 5.32 Å². The molecule has 5 nitrogen and oxygen atoms in total. The zero-order valence-corrected chi connectivity index (χ0v) is 12.7. The molecule has 0 aromatic heterocycles. The third-order valence-corrected chi connectivity index (χ3v) is 5.71. The van der Waals surface area contributed by atoms with Gasteiger partial charge in [-0.1, -0.05) is 0 Å². The van der Waals surface area contributed by atoms with E-state index in [0.717, 1.165) is 24.9 Å². The van der Waals surface area contributed by atoms with Crippen LogP contribution in [0.25, 0.3) is 0 Å². The van der Waals surface area contributed by atoms with Crippen LogP contribution in [0.5, 0.6) is 0 Å². The fourth-order valence-corrected chi connectivity index (χ4v) is 4.22. The Morgan fingerprint density at radius 3 is 2.38 bits per heavy atom. The van der Waals surface area contributed by atoms with Crippen LogP contribution >= 0.6 is 0 Å². The Labute approximate surface area is 125 Å². The number of carbonyl (C=O) groups is 1. The maximum absolute atomic E-state index is 11.9. The first-order valence-corrected chi connectivity index (χ1v) is 9.22. The van der Waals surface area contributed by atoms with E-state index in [-0.39, 0.29) is 17.7 Å². The molecular weight excluding hydrogens is 288 g/mol. The highest BCUT2D eigenvalue weighted by atomic mass is 32.2. The first-order chi connectivity index (χ1) is 10.0. The van der Waals surface area contributed by atoms with E-state index in [4.69, 9.17) is 0 Å². The van der Waals surface area contributed by atoms with Gasteiger partial charge in [0.15, 0.2) is 9.84 Å². The van der Waals surface area contributed by atoms with Crippen molar-refractivity contribution in [2.24, 2.45) is 0 Å². The van der Waals surface area contributed by atoms with Crippen molar-refractivity contribution in [3.05, 3.63) is 29.8 Å². The fraction of sp³-hybridized carbons (Fsp3) is 0.533. The highest BCUT2D eigenvalue weighted by Gasteiger charge is 2.25. The maximum Gasteiger partial charge on any atom is 0.251 e. The van der Waals surface area contributed by atoms with Crippen LogP contribution in [0.1, 0.15) is 36.0 Å².